The summed E-state index contributed by atoms with van der Waals surface area (Å²) in [5, 5.41) is 29.9. The molecule has 1 aliphatic rings. The highest BCUT2D eigenvalue weighted by molar-refractivity contribution is 5.83. The molecule has 1 fully saturated rings. The van der Waals surface area contributed by atoms with E-state index in [0.717, 1.165) is 13.1 Å². The van der Waals surface area contributed by atoms with Crippen LogP contribution in [0.4, 0.5) is 10.7 Å². The van der Waals surface area contributed by atoms with Crippen LogP contribution in [0.15, 0.2) is 4.52 Å². The minimum absolute atomic E-state index is 0.0404. The molecule has 0 aromatic carbocycles. The van der Waals surface area contributed by atoms with Gasteiger partial charge in [0.25, 0.3) is 11.8 Å². The highest BCUT2D eigenvalue weighted by Gasteiger charge is 2.29. The number of carbonyl (C=O) groups is 3. The van der Waals surface area contributed by atoms with Crippen LogP contribution in [0.2, 0.25) is 0 Å². The van der Waals surface area contributed by atoms with E-state index in [0.29, 0.717) is 19.0 Å². The van der Waals surface area contributed by atoms with Gasteiger partial charge in [0.2, 0.25) is 5.91 Å². The second-order valence-electron chi connectivity index (χ2n) is 6.07. The van der Waals surface area contributed by atoms with Crippen molar-refractivity contribution in [1.82, 2.24) is 26.1 Å². The maximum absolute atomic E-state index is 12.1. The highest BCUT2D eigenvalue weighted by Crippen LogP contribution is 2.18. The number of carbonyl (C=O) groups excluding carboxylic acids is 2. The van der Waals surface area contributed by atoms with Crippen LogP contribution in [0.5, 0.6) is 0 Å². The minimum atomic E-state index is -1.53. The van der Waals surface area contributed by atoms with Crippen molar-refractivity contribution in [3.8, 4) is 0 Å². The molecule has 13 nitrogen and oxygen atoms in total. The number of nitrogens with one attached hydrogen (secondary N) is 3. The third kappa shape index (κ3) is 5.79. The third-order valence-corrected chi connectivity index (χ3v) is 3.87. The molecular formula is C14H23N7O6. The molecule has 2 heterocycles. The average molecular weight is 385 g/mol. The summed E-state index contributed by atoms with van der Waals surface area (Å²) < 4.78 is 5.14. The van der Waals surface area contributed by atoms with Gasteiger partial charge in [0.15, 0.2) is 6.04 Å². The molecule has 7 N–H and O–H groups in total. The molecule has 3 amide bonds. The van der Waals surface area contributed by atoms with Crippen molar-refractivity contribution in [1.29, 1.82) is 0 Å². The number of aliphatic hydroxyl groups excluding tert-OH is 1. The highest BCUT2D eigenvalue weighted by atomic mass is 16.5. The molecule has 0 radical (unpaired) electrons. The molecule has 1 aromatic rings. The zero-order valence-electron chi connectivity index (χ0n) is 14.7. The summed E-state index contributed by atoms with van der Waals surface area (Å²) in [6.07, 6.45) is -1.66. The molecule has 0 aliphatic carbocycles. The molecule has 1 saturated heterocycles. The largest absolute Gasteiger partial charge is 0.480 e. The number of piperazine rings is 1. The lowest BCUT2D eigenvalue weighted by Gasteiger charge is -2.25. The van der Waals surface area contributed by atoms with Gasteiger partial charge in [-0.25, -0.2) is 9.59 Å². The zero-order valence-corrected chi connectivity index (χ0v) is 14.7. The summed E-state index contributed by atoms with van der Waals surface area (Å²) >= 11 is 0. The second kappa shape index (κ2) is 9.14. The topological polar surface area (TPSA) is 196 Å². The molecule has 0 bridgehead atoms. The number of urea groups is 1. The van der Waals surface area contributed by atoms with Crippen molar-refractivity contribution in [3.05, 3.63) is 5.89 Å². The molecule has 27 heavy (non-hydrogen) atoms. The number of carboxylic acids is 1. The van der Waals surface area contributed by atoms with E-state index in [1.165, 1.54) is 6.92 Å². The van der Waals surface area contributed by atoms with Gasteiger partial charge in [-0.05, 0) is 12.1 Å². The van der Waals surface area contributed by atoms with Crippen LogP contribution in [-0.2, 0) is 9.59 Å². The van der Waals surface area contributed by atoms with Crippen LogP contribution in [0, 0.1) is 0 Å². The summed E-state index contributed by atoms with van der Waals surface area (Å²) in [7, 11) is 0. The van der Waals surface area contributed by atoms with Crippen LogP contribution in [0.3, 0.4) is 0 Å². The Morgan fingerprint density at radius 2 is 2.00 bits per heavy atom. The number of carboxylic acid groups (broad SMARTS) is 1. The maximum Gasteiger partial charge on any atom is 0.328 e. The molecule has 3 unspecified atom stereocenters. The van der Waals surface area contributed by atoms with Crippen LogP contribution in [0.25, 0.3) is 0 Å². The number of aliphatic hydroxyl groups is 1. The number of nitrogens with zero attached hydrogens (tertiary/aromatic N) is 3. The first kappa shape index (κ1) is 20.4. The van der Waals surface area contributed by atoms with E-state index >= 15 is 0 Å². The van der Waals surface area contributed by atoms with Crippen molar-refractivity contribution in [2.75, 3.05) is 31.1 Å². The van der Waals surface area contributed by atoms with Gasteiger partial charge in [-0.3, -0.25) is 4.79 Å². The number of aromatic nitrogens is 2. The number of hydrogen-bond acceptors (Lipinski definition) is 9. The Labute approximate surface area is 154 Å². The van der Waals surface area contributed by atoms with E-state index in [2.05, 4.69) is 26.1 Å². The smallest absolute Gasteiger partial charge is 0.328 e. The maximum atomic E-state index is 12.1. The van der Waals surface area contributed by atoms with Gasteiger partial charge in [0, 0.05) is 26.2 Å². The Kier molecular flexibility index (Phi) is 6.90. The van der Waals surface area contributed by atoms with Gasteiger partial charge in [-0.15, -0.1) is 0 Å². The van der Waals surface area contributed by atoms with Crippen LogP contribution in [-0.4, -0.2) is 76.6 Å². The normalized spacial score (nSPS) is 17.6. The number of amides is 3. The fraction of sp³-hybridized carbons (Fsp3) is 0.643. The summed E-state index contributed by atoms with van der Waals surface area (Å²) in [6.45, 7) is 4.07. The summed E-state index contributed by atoms with van der Waals surface area (Å²) in [4.78, 5) is 40.5. The Morgan fingerprint density at radius 3 is 2.56 bits per heavy atom. The monoisotopic (exact) mass is 385 g/mol. The lowest BCUT2D eigenvalue weighted by molar-refractivity contribution is -0.141. The number of hydrogen-bond donors (Lipinski definition) is 6. The van der Waals surface area contributed by atoms with E-state index in [9.17, 15) is 19.5 Å². The third-order valence-electron chi connectivity index (χ3n) is 3.87. The average Bonchev–Trinajstić information content (AvgIpc) is 3.09. The van der Waals surface area contributed by atoms with Crippen molar-refractivity contribution < 1.29 is 29.1 Å². The SMILES string of the molecule is CC(O)C(NC(=O)NC(CC(N)=O)c1nc(N2CCNCC2)no1)C(=O)O. The Hall–Kier alpha value is -2.93. The standard InChI is InChI=1S/C14H23N7O6/c1-7(22)10(12(24)25)18-14(26)17-8(6-9(15)23)11-19-13(20-27-11)21-4-2-16-3-5-21/h7-8,10,16,22H,2-6H2,1H3,(H2,15,23)(H,24,25)(H2,17,18,26). The zero-order chi connectivity index (χ0) is 20.0. The van der Waals surface area contributed by atoms with Gasteiger partial charge in [-0.2, -0.15) is 4.98 Å². The van der Waals surface area contributed by atoms with Crippen LogP contribution in [0.1, 0.15) is 25.3 Å². The Bertz CT molecular complexity index is 673. The number of primary amides is 1. The number of rotatable bonds is 8. The summed E-state index contributed by atoms with van der Waals surface area (Å²) in [5.74, 6) is -1.87. The molecule has 0 saturated carbocycles. The van der Waals surface area contributed by atoms with Gasteiger partial charge in [0.05, 0.1) is 12.5 Å². The van der Waals surface area contributed by atoms with E-state index in [-0.39, 0.29) is 12.3 Å². The second-order valence-corrected chi connectivity index (χ2v) is 6.07. The summed E-state index contributed by atoms with van der Waals surface area (Å²) in [6, 6.07) is -3.51. The number of aliphatic carboxylic acids is 1. The predicted molar refractivity (Wildman–Crippen MR) is 90.7 cm³/mol. The van der Waals surface area contributed by atoms with Crippen LogP contribution >= 0.6 is 0 Å². The van der Waals surface area contributed by atoms with Gasteiger partial charge < -0.3 is 41.3 Å². The lowest BCUT2D eigenvalue weighted by atomic mass is 10.2. The summed E-state index contributed by atoms with van der Waals surface area (Å²) in [5.41, 5.74) is 5.20. The van der Waals surface area contributed by atoms with Gasteiger partial charge >= 0.3 is 12.0 Å². The van der Waals surface area contributed by atoms with E-state index in [1.54, 1.807) is 0 Å². The molecular weight excluding hydrogens is 362 g/mol. The van der Waals surface area contributed by atoms with Crippen molar-refractivity contribution in [3.63, 3.8) is 0 Å². The molecule has 13 heteroatoms. The van der Waals surface area contributed by atoms with Gasteiger partial charge in [-0.1, -0.05) is 0 Å². The van der Waals surface area contributed by atoms with Crippen molar-refractivity contribution in [2.45, 2.75) is 31.5 Å². The minimum Gasteiger partial charge on any atom is -0.480 e. The van der Waals surface area contributed by atoms with E-state index < -0.39 is 36.1 Å². The van der Waals surface area contributed by atoms with E-state index in [1.807, 2.05) is 4.90 Å². The van der Waals surface area contributed by atoms with Gasteiger partial charge in [0.1, 0.15) is 6.04 Å². The van der Waals surface area contributed by atoms with E-state index in [4.69, 9.17) is 15.4 Å². The first-order valence-corrected chi connectivity index (χ1v) is 8.33. The molecule has 3 atom stereocenters. The fourth-order valence-electron chi connectivity index (χ4n) is 2.49. The lowest BCUT2D eigenvalue weighted by Crippen LogP contribution is -2.52. The molecule has 1 aromatic heterocycles. The molecule has 2 rings (SSSR count). The van der Waals surface area contributed by atoms with Crippen LogP contribution < -0.4 is 26.6 Å². The number of nitrogens with two attached hydrogens (primary N) is 1. The fourth-order valence-corrected chi connectivity index (χ4v) is 2.49. The predicted octanol–water partition coefficient (Wildman–Crippen LogP) is -2.47. The Balaban J connectivity index is 2.08. The van der Waals surface area contributed by atoms with Crippen molar-refractivity contribution >= 4 is 23.9 Å². The van der Waals surface area contributed by atoms with Crippen molar-refractivity contribution in [2.24, 2.45) is 5.73 Å². The first-order chi connectivity index (χ1) is 12.8. The molecule has 0 spiro atoms. The molecule has 1 aliphatic heterocycles. The quantitative estimate of drug-likeness (QED) is 0.279. The Morgan fingerprint density at radius 1 is 1.33 bits per heavy atom. The first-order valence-electron chi connectivity index (χ1n) is 8.33. The molecule has 150 valence electrons. The number of anilines is 1.